The van der Waals surface area contributed by atoms with Gasteiger partial charge in [-0.25, -0.2) is 4.79 Å². The Kier molecular flexibility index (Phi) is 11.9. The zero-order valence-corrected chi connectivity index (χ0v) is 17.7. The predicted octanol–water partition coefficient (Wildman–Crippen LogP) is -1.89. The summed E-state index contributed by atoms with van der Waals surface area (Å²) in [5.74, 6) is -3.99. The van der Waals surface area contributed by atoms with Crippen molar-refractivity contribution in [1.82, 2.24) is 16.0 Å². The van der Waals surface area contributed by atoms with Crippen molar-refractivity contribution in [2.24, 2.45) is 17.4 Å². The standard InChI is InChI=1S/C17H31N5O6S/c1-8(2)6-11(15(25)20-10(17(27)28)4-5-13(19)23)21-16(26)12(7-29)22-14(24)9(3)18/h8-12,29H,4-7,18H2,1-3H3,(H2,19,23)(H,20,25)(H,21,26)(H,22,24)(H,27,28). The smallest absolute Gasteiger partial charge is 0.326 e. The van der Waals surface area contributed by atoms with E-state index in [4.69, 9.17) is 11.5 Å². The molecule has 0 heterocycles. The summed E-state index contributed by atoms with van der Waals surface area (Å²) in [7, 11) is 0. The molecule has 0 aliphatic rings. The van der Waals surface area contributed by atoms with Crippen LogP contribution < -0.4 is 27.4 Å². The third kappa shape index (κ3) is 10.7. The molecule has 4 amide bonds. The lowest BCUT2D eigenvalue weighted by Crippen LogP contribution is -2.57. The average Bonchev–Trinajstić information content (AvgIpc) is 2.60. The van der Waals surface area contributed by atoms with Gasteiger partial charge in [-0.1, -0.05) is 13.8 Å². The number of primary amides is 1. The number of carboxylic acids is 1. The molecule has 0 aliphatic carbocycles. The van der Waals surface area contributed by atoms with E-state index >= 15 is 0 Å². The van der Waals surface area contributed by atoms with Crippen LogP contribution in [0, 0.1) is 5.92 Å². The fourth-order valence-corrected chi connectivity index (χ4v) is 2.55. The minimum atomic E-state index is -1.33. The molecule has 0 spiro atoms. The largest absolute Gasteiger partial charge is 0.480 e. The van der Waals surface area contributed by atoms with Gasteiger partial charge >= 0.3 is 5.97 Å². The number of carbonyl (C=O) groups excluding carboxylic acids is 4. The number of thiol groups is 1. The van der Waals surface area contributed by atoms with E-state index in [2.05, 4.69) is 28.6 Å². The van der Waals surface area contributed by atoms with E-state index in [1.165, 1.54) is 6.92 Å². The highest BCUT2D eigenvalue weighted by Crippen LogP contribution is 2.07. The van der Waals surface area contributed by atoms with Gasteiger partial charge in [0.2, 0.25) is 23.6 Å². The first-order chi connectivity index (χ1) is 13.4. The zero-order valence-electron chi connectivity index (χ0n) is 16.8. The van der Waals surface area contributed by atoms with Gasteiger partial charge in [-0.15, -0.1) is 0 Å². The van der Waals surface area contributed by atoms with Crippen LogP contribution >= 0.6 is 12.6 Å². The normalized spacial score (nSPS) is 15.0. The molecule has 8 N–H and O–H groups in total. The molecular formula is C17H31N5O6S. The lowest BCUT2D eigenvalue weighted by molar-refractivity contribution is -0.142. The Morgan fingerprint density at radius 1 is 0.897 bits per heavy atom. The van der Waals surface area contributed by atoms with Gasteiger partial charge in [-0.05, 0) is 25.7 Å². The maximum Gasteiger partial charge on any atom is 0.326 e. The maximum absolute atomic E-state index is 12.6. The molecule has 12 heteroatoms. The Bertz CT molecular complexity index is 613. The molecule has 0 aromatic heterocycles. The number of hydrogen-bond acceptors (Lipinski definition) is 7. The molecule has 166 valence electrons. The van der Waals surface area contributed by atoms with Crippen molar-refractivity contribution in [3.8, 4) is 0 Å². The van der Waals surface area contributed by atoms with Crippen LogP contribution in [0.5, 0.6) is 0 Å². The van der Waals surface area contributed by atoms with Crippen molar-refractivity contribution in [2.75, 3.05) is 5.75 Å². The molecule has 0 fully saturated rings. The molecule has 0 aliphatic heterocycles. The Morgan fingerprint density at radius 3 is 1.79 bits per heavy atom. The zero-order chi connectivity index (χ0) is 22.7. The number of nitrogens with two attached hydrogens (primary N) is 2. The second-order valence-corrected chi connectivity index (χ2v) is 7.49. The van der Waals surface area contributed by atoms with Crippen LogP contribution in [0.4, 0.5) is 0 Å². The van der Waals surface area contributed by atoms with Gasteiger partial charge in [0.15, 0.2) is 0 Å². The average molecular weight is 434 g/mol. The summed E-state index contributed by atoms with van der Waals surface area (Å²) in [6.07, 6.45) is -0.174. The van der Waals surface area contributed by atoms with Crippen LogP contribution in [-0.4, -0.2) is 64.6 Å². The summed E-state index contributed by atoms with van der Waals surface area (Å²) < 4.78 is 0. The van der Waals surface area contributed by atoms with Gasteiger partial charge in [0.25, 0.3) is 0 Å². The molecular weight excluding hydrogens is 402 g/mol. The van der Waals surface area contributed by atoms with Crippen molar-refractivity contribution >= 4 is 42.2 Å². The number of amides is 4. The quantitative estimate of drug-likeness (QED) is 0.165. The number of carbonyl (C=O) groups is 5. The highest BCUT2D eigenvalue weighted by Gasteiger charge is 2.30. The van der Waals surface area contributed by atoms with E-state index in [0.29, 0.717) is 0 Å². The summed E-state index contributed by atoms with van der Waals surface area (Å²) in [4.78, 5) is 59.0. The number of nitrogens with one attached hydrogen (secondary N) is 3. The summed E-state index contributed by atoms with van der Waals surface area (Å²) >= 11 is 4.03. The van der Waals surface area contributed by atoms with Crippen molar-refractivity contribution < 1.29 is 29.1 Å². The number of rotatable bonds is 13. The fraction of sp³-hybridized carbons (Fsp3) is 0.706. The molecule has 0 radical (unpaired) electrons. The van der Waals surface area contributed by atoms with E-state index < -0.39 is 53.8 Å². The van der Waals surface area contributed by atoms with Crippen molar-refractivity contribution in [3.63, 3.8) is 0 Å². The van der Waals surface area contributed by atoms with Crippen LogP contribution in [0.1, 0.15) is 40.0 Å². The SMILES string of the molecule is CC(C)CC(NC(=O)C(CS)NC(=O)C(C)N)C(=O)NC(CCC(N)=O)C(=O)O. The third-order valence-electron chi connectivity index (χ3n) is 3.86. The van der Waals surface area contributed by atoms with Gasteiger partial charge in [-0.3, -0.25) is 19.2 Å². The lowest BCUT2D eigenvalue weighted by Gasteiger charge is -2.25. The summed E-state index contributed by atoms with van der Waals surface area (Å²) in [6.45, 7) is 5.10. The van der Waals surface area contributed by atoms with Crippen LogP contribution in [0.3, 0.4) is 0 Å². The minimum absolute atomic E-state index is 0.00643. The second-order valence-electron chi connectivity index (χ2n) is 7.13. The van der Waals surface area contributed by atoms with E-state index in [-0.39, 0.29) is 30.9 Å². The monoisotopic (exact) mass is 433 g/mol. The molecule has 4 unspecified atom stereocenters. The molecule has 0 saturated heterocycles. The van der Waals surface area contributed by atoms with Crippen molar-refractivity contribution in [1.29, 1.82) is 0 Å². The molecule has 0 rings (SSSR count). The Morgan fingerprint density at radius 2 is 1.38 bits per heavy atom. The van der Waals surface area contributed by atoms with Gasteiger partial charge in [0, 0.05) is 12.2 Å². The Hall–Kier alpha value is -2.34. The molecule has 0 aromatic carbocycles. The molecule has 0 saturated carbocycles. The van der Waals surface area contributed by atoms with Gasteiger partial charge in [-0.2, -0.15) is 12.6 Å². The number of aliphatic carboxylic acids is 1. The Labute approximate surface area is 175 Å². The molecule has 4 atom stereocenters. The fourth-order valence-electron chi connectivity index (χ4n) is 2.29. The first-order valence-corrected chi connectivity index (χ1v) is 9.80. The van der Waals surface area contributed by atoms with Crippen LogP contribution in [-0.2, 0) is 24.0 Å². The van der Waals surface area contributed by atoms with E-state index in [9.17, 15) is 29.1 Å². The predicted molar refractivity (Wildman–Crippen MR) is 109 cm³/mol. The van der Waals surface area contributed by atoms with Gasteiger partial charge < -0.3 is 32.5 Å². The number of hydrogen-bond donors (Lipinski definition) is 7. The second kappa shape index (κ2) is 13.0. The van der Waals surface area contributed by atoms with Crippen LogP contribution in [0.15, 0.2) is 0 Å². The first kappa shape index (κ1) is 26.7. The summed E-state index contributed by atoms with van der Waals surface area (Å²) in [5, 5.41) is 16.5. The van der Waals surface area contributed by atoms with Gasteiger partial charge in [0.1, 0.15) is 18.1 Å². The highest BCUT2D eigenvalue weighted by molar-refractivity contribution is 7.80. The molecule has 29 heavy (non-hydrogen) atoms. The van der Waals surface area contributed by atoms with E-state index in [0.717, 1.165) is 0 Å². The molecule has 11 nitrogen and oxygen atoms in total. The highest BCUT2D eigenvalue weighted by atomic mass is 32.1. The maximum atomic E-state index is 12.6. The summed E-state index contributed by atoms with van der Waals surface area (Å²) in [6, 6.07) is -4.24. The molecule has 0 aromatic rings. The first-order valence-electron chi connectivity index (χ1n) is 9.17. The minimum Gasteiger partial charge on any atom is -0.480 e. The Balaban J connectivity index is 5.23. The van der Waals surface area contributed by atoms with E-state index in [1.54, 1.807) is 0 Å². The number of carboxylic acid groups (broad SMARTS) is 1. The summed E-state index contributed by atoms with van der Waals surface area (Å²) in [5.41, 5.74) is 10.5. The van der Waals surface area contributed by atoms with Gasteiger partial charge in [0.05, 0.1) is 6.04 Å². The molecule has 0 bridgehead atoms. The van der Waals surface area contributed by atoms with Crippen molar-refractivity contribution in [3.05, 3.63) is 0 Å². The lowest BCUT2D eigenvalue weighted by atomic mass is 10.0. The van der Waals surface area contributed by atoms with Crippen LogP contribution in [0.2, 0.25) is 0 Å². The topological polar surface area (TPSA) is 194 Å². The van der Waals surface area contributed by atoms with Crippen molar-refractivity contribution in [2.45, 2.75) is 64.2 Å². The van der Waals surface area contributed by atoms with Crippen LogP contribution in [0.25, 0.3) is 0 Å². The van der Waals surface area contributed by atoms with E-state index in [1.807, 2.05) is 13.8 Å². The third-order valence-corrected chi connectivity index (χ3v) is 4.23.